The third kappa shape index (κ3) is 2.26. The monoisotopic (exact) mass is 309 g/mol. The van der Waals surface area contributed by atoms with Crippen LogP contribution in [0.5, 0.6) is 0 Å². The van der Waals surface area contributed by atoms with E-state index >= 15 is 0 Å². The molecule has 3 aromatic heterocycles. The Bertz CT molecular complexity index is 991. The highest BCUT2D eigenvalue weighted by Crippen LogP contribution is 2.26. The van der Waals surface area contributed by atoms with Crippen LogP contribution in [0.1, 0.15) is 11.4 Å². The van der Waals surface area contributed by atoms with E-state index in [2.05, 4.69) is 20.3 Å². The largest absolute Gasteiger partial charge is 0.316 e. The van der Waals surface area contributed by atoms with Crippen molar-refractivity contribution in [3.8, 4) is 11.5 Å². The van der Waals surface area contributed by atoms with Crippen LogP contribution in [0.15, 0.2) is 47.2 Å². The van der Waals surface area contributed by atoms with Crippen LogP contribution < -0.4 is 0 Å². The Hall–Kier alpha value is -3.09. The molecule has 1 aromatic carbocycles. The van der Waals surface area contributed by atoms with E-state index in [1.807, 2.05) is 28.8 Å². The maximum atomic E-state index is 14.0. The summed E-state index contributed by atoms with van der Waals surface area (Å²) in [6.07, 6.45) is 1.57. The molecule has 0 amide bonds. The zero-order chi connectivity index (χ0) is 15.8. The molecule has 0 saturated heterocycles. The van der Waals surface area contributed by atoms with E-state index in [4.69, 9.17) is 4.63 Å². The number of pyridine rings is 1. The van der Waals surface area contributed by atoms with Gasteiger partial charge in [-0.15, -0.1) is 0 Å². The van der Waals surface area contributed by atoms with Crippen molar-refractivity contribution >= 4 is 11.0 Å². The fourth-order valence-electron chi connectivity index (χ4n) is 2.54. The second kappa shape index (κ2) is 5.28. The Labute approximate surface area is 130 Å². The van der Waals surface area contributed by atoms with Crippen LogP contribution in [0.2, 0.25) is 0 Å². The number of aromatic nitrogens is 5. The highest BCUT2D eigenvalue weighted by atomic mass is 19.1. The molecule has 0 aliphatic heterocycles. The minimum absolute atomic E-state index is 0.245. The van der Waals surface area contributed by atoms with Gasteiger partial charge in [-0.05, 0) is 36.3 Å². The quantitative estimate of drug-likeness (QED) is 0.582. The lowest BCUT2D eigenvalue weighted by atomic mass is 10.3. The fourth-order valence-corrected chi connectivity index (χ4v) is 2.54. The van der Waals surface area contributed by atoms with Crippen LogP contribution in [-0.2, 0) is 6.54 Å². The first-order valence-electron chi connectivity index (χ1n) is 7.08. The third-order valence-corrected chi connectivity index (χ3v) is 3.66. The number of fused-ring (bicyclic) bond motifs is 1. The number of hydrogen-bond acceptors (Lipinski definition) is 5. The minimum Gasteiger partial charge on any atom is -0.316 e. The molecule has 0 spiro atoms. The first-order chi connectivity index (χ1) is 11.2. The summed E-state index contributed by atoms with van der Waals surface area (Å²) >= 11 is 0. The summed E-state index contributed by atoms with van der Waals surface area (Å²) < 4.78 is 20.6. The van der Waals surface area contributed by atoms with Crippen molar-refractivity contribution in [1.82, 2.24) is 24.8 Å². The van der Waals surface area contributed by atoms with Gasteiger partial charge in [-0.25, -0.2) is 14.0 Å². The zero-order valence-corrected chi connectivity index (χ0v) is 12.3. The summed E-state index contributed by atoms with van der Waals surface area (Å²) in [6, 6.07) is 10.6. The number of para-hydroxylation sites is 2. The lowest BCUT2D eigenvalue weighted by molar-refractivity contribution is 0.305. The number of benzene rings is 1. The second-order valence-corrected chi connectivity index (χ2v) is 5.14. The number of halogens is 1. The molecule has 0 aliphatic carbocycles. The molecule has 0 unspecified atom stereocenters. The van der Waals surface area contributed by atoms with Gasteiger partial charge in [0.15, 0.2) is 11.5 Å². The van der Waals surface area contributed by atoms with Crippen LogP contribution in [0.25, 0.3) is 22.6 Å². The number of nitrogens with zero attached hydrogens (tertiary/aromatic N) is 5. The topological polar surface area (TPSA) is 69.6 Å². The summed E-state index contributed by atoms with van der Waals surface area (Å²) in [7, 11) is 0. The van der Waals surface area contributed by atoms with Gasteiger partial charge in [0, 0.05) is 6.20 Å². The van der Waals surface area contributed by atoms with Gasteiger partial charge in [-0.3, -0.25) is 4.98 Å². The maximum absolute atomic E-state index is 14.0. The predicted octanol–water partition coefficient (Wildman–Crippen LogP) is 2.98. The number of aryl methyl sites for hydroxylation is 1. The molecule has 3 heterocycles. The Balaban J connectivity index is 1.93. The third-order valence-electron chi connectivity index (χ3n) is 3.66. The summed E-state index contributed by atoms with van der Waals surface area (Å²) in [4.78, 5) is 8.71. The van der Waals surface area contributed by atoms with Crippen molar-refractivity contribution in [2.75, 3.05) is 0 Å². The van der Waals surface area contributed by atoms with Crippen molar-refractivity contribution in [3.05, 3.63) is 59.8 Å². The van der Waals surface area contributed by atoms with E-state index in [9.17, 15) is 4.39 Å². The SMILES string of the molecule is Cc1nonc1-c1nc2ccccc2n1Cc1ncccc1F. The average molecular weight is 309 g/mol. The molecule has 0 aliphatic rings. The minimum atomic E-state index is -0.355. The molecule has 0 saturated carbocycles. The summed E-state index contributed by atoms with van der Waals surface area (Å²) in [5.74, 6) is 0.223. The first kappa shape index (κ1) is 13.6. The maximum Gasteiger partial charge on any atom is 0.173 e. The van der Waals surface area contributed by atoms with E-state index in [-0.39, 0.29) is 12.4 Å². The van der Waals surface area contributed by atoms with Crippen molar-refractivity contribution in [1.29, 1.82) is 0 Å². The smallest absolute Gasteiger partial charge is 0.173 e. The van der Waals surface area contributed by atoms with Crippen LogP contribution >= 0.6 is 0 Å². The molecule has 114 valence electrons. The number of imidazole rings is 1. The molecule has 4 aromatic rings. The molecule has 4 rings (SSSR count). The van der Waals surface area contributed by atoms with Gasteiger partial charge in [0.25, 0.3) is 0 Å². The van der Waals surface area contributed by atoms with Gasteiger partial charge in [-0.2, -0.15) is 0 Å². The molecule has 7 heteroatoms. The molecule has 0 atom stereocenters. The highest BCUT2D eigenvalue weighted by molar-refractivity contribution is 5.80. The van der Waals surface area contributed by atoms with Crippen molar-refractivity contribution in [2.45, 2.75) is 13.5 Å². The van der Waals surface area contributed by atoms with Crippen LogP contribution in [0, 0.1) is 12.7 Å². The van der Waals surface area contributed by atoms with Gasteiger partial charge < -0.3 is 4.57 Å². The number of hydrogen-bond donors (Lipinski definition) is 0. The van der Waals surface area contributed by atoms with Crippen LogP contribution in [0.3, 0.4) is 0 Å². The zero-order valence-electron chi connectivity index (χ0n) is 12.3. The van der Waals surface area contributed by atoms with E-state index < -0.39 is 0 Å². The van der Waals surface area contributed by atoms with Gasteiger partial charge in [0.1, 0.15) is 11.5 Å². The Morgan fingerprint density at radius 1 is 1.13 bits per heavy atom. The van der Waals surface area contributed by atoms with E-state index in [1.165, 1.54) is 6.07 Å². The average Bonchev–Trinajstić information content (AvgIpc) is 3.13. The molecule has 0 N–H and O–H groups in total. The fraction of sp³-hybridized carbons (Fsp3) is 0.125. The van der Waals surface area contributed by atoms with Gasteiger partial charge in [-0.1, -0.05) is 17.3 Å². The lowest BCUT2D eigenvalue weighted by Crippen LogP contribution is -2.06. The highest BCUT2D eigenvalue weighted by Gasteiger charge is 2.19. The van der Waals surface area contributed by atoms with Crippen molar-refractivity contribution in [3.63, 3.8) is 0 Å². The Kier molecular flexibility index (Phi) is 3.11. The van der Waals surface area contributed by atoms with Crippen molar-refractivity contribution < 1.29 is 9.02 Å². The van der Waals surface area contributed by atoms with Crippen LogP contribution in [-0.4, -0.2) is 24.8 Å². The molecule has 0 fully saturated rings. The van der Waals surface area contributed by atoms with E-state index in [0.29, 0.717) is 22.9 Å². The van der Waals surface area contributed by atoms with Crippen LogP contribution in [0.4, 0.5) is 4.39 Å². The normalized spacial score (nSPS) is 11.2. The Morgan fingerprint density at radius 2 is 2.00 bits per heavy atom. The second-order valence-electron chi connectivity index (χ2n) is 5.14. The van der Waals surface area contributed by atoms with E-state index in [1.54, 1.807) is 19.2 Å². The van der Waals surface area contributed by atoms with Gasteiger partial charge in [0.2, 0.25) is 0 Å². The first-order valence-corrected chi connectivity index (χ1v) is 7.08. The summed E-state index contributed by atoms with van der Waals surface area (Å²) in [5.41, 5.74) is 3.17. The molecular weight excluding hydrogens is 297 g/mol. The summed E-state index contributed by atoms with van der Waals surface area (Å²) in [5, 5.41) is 7.72. The van der Waals surface area contributed by atoms with Gasteiger partial charge in [0.05, 0.1) is 23.3 Å². The summed E-state index contributed by atoms with van der Waals surface area (Å²) in [6.45, 7) is 2.03. The standard InChI is InChI=1S/C16H12FN5O/c1-10-15(21-23-20-10)16-19-12-6-2-3-7-14(12)22(16)9-13-11(17)5-4-8-18-13/h2-8H,9H2,1H3. The lowest BCUT2D eigenvalue weighted by Gasteiger charge is -2.08. The molecule has 6 nitrogen and oxygen atoms in total. The molecular formula is C16H12FN5O. The molecule has 23 heavy (non-hydrogen) atoms. The van der Waals surface area contributed by atoms with Gasteiger partial charge >= 0.3 is 0 Å². The molecule has 0 radical (unpaired) electrons. The Morgan fingerprint density at radius 3 is 2.78 bits per heavy atom. The molecule has 0 bridgehead atoms. The van der Waals surface area contributed by atoms with Crippen molar-refractivity contribution in [2.24, 2.45) is 0 Å². The van der Waals surface area contributed by atoms with E-state index in [0.717, 1.165) is 11.0 Å². The predicted molar refractivity (Wildman–Crippen MR) is 81.1 cm³/mol. The number of rotatable bonds is 3.